The molecule has 0 aromatic carbocycles. The van der Waals surface area contributed by atoms with Crippen LogP contribution in [0.15, 0.2) is 0 Å². The molecule has 0 nitrogen and oxygen atoms in total. The Bertz CT molecular complexity index is 363. The van der Waals surface area contributed by atoms with Gasteiger partial charge in [-0.2, -0.15) is 0 Å². The first-order valence-electron chi connectivity index (χ1n) is 18.1. The monoisotopic (exact) mass is 629 g/mol. The summed E-state index contributed by atoms with van der Waals surface area (Å²) in [5, 5.41) is 0. The van der Waals surface area contributed by atoms with E-state index in [0.29, 0.717) is 0 Å². The summed E-state index contributed by atoms with van der Waals surface area (Å²) in [6.07, 6.45) is 42.0. The van der Waals surface area contributed by atoms with Gasteiger partial charge in [-0.25, -0.2) is 0 Å². The summed E-state index contributed by atoms with van der Waals surface area (Å²) in [4.78, 5) is 0. The predicted molar refractivity (Wildman–Crippen MR) is 177 cm³/mol. The van der Waals surface area contributed by atoms with Crippen molar-refractivity contribution in [3.8, 4) is 0 Å². The van der Waals surface area contributed by atoms with Crippen molar-refractivity contribution in [1.82, 2.24) is 0 Å². The van der Waals surface area contributed by atoms with Crippen molar-refractivity contribution in [2.24, 2.45) is 0 Å². The second-order valence-electron chi connectivity index (χ2n) is 12.7. The van der Waals surface area contributed by atoms with Gasteiger partial charge < -0.3 is 0 Å². The number of rotatable bonds is 32. The van der Waals surface area contributed by atoms with E-state index in [2.05, 4.69) is 27.7 Å². The molecule has 0 aliphatic rings. The molecule has 224 valence electrons. The first-order valence-corrected chi connectivity index (χ1v) is 25.3. The summed E-state index contributed by atoms with van der Waals surface area (Å²) in [6, 6.07) is 0. The van der Waals surface area contributed by atoms with Gasteiger partial charge in [0.05, 0.1) is 0 Å². The molecule has 0 spiro atoms. The average molecular weight is 631 g/mol. The van der Waals surface area contributed by atoms with Crippen molar-refractivity contribution in [3.63, 3.8) is 0 Å². The van der Waals surface area contributed by atoms with Crippen LogP contribution in [0.25, 0.3) is 0 Å². The van der Waals surface area contributed by atoms with E-state index in [-0.39, 0.29) is 0 Å². The van der Waals surface area contributed by atoms with E-state index in [1.54, 1.807) is 68.8 Å². The summed E-state index contributed by atoms with van der Waals surface area (Å²) in [5.41, 5.74) is 0. The molecular weight excluding hydrogens is 554 g/mol. The Kier molecular flexibility index (Phi) is 32.0. The van der Waals surface area contributed by atoms with Crippen molar-refractivity contribution in [1.29, 1.82) is 0 Å². The normalized spacial score (nSPS) is 12.0. The van der Waals surface area contributed by atoms with Crippen molar-refractivity contribution in [2.75, 3.05) is 0 Å². The third-order valence-electron chi connectivity index (χ3n) is 8.94. The molecule has 0 aliphatic carbocycles. The van der Waals surface area contributed by atoms with E-state index in [1.807, 2.05) is 0 Å². The van der Waals surface area contributed by atoms with Crippen LogP contribution >= 0.6 is 0 Å². The minimum atomic E-state index is -1.87. The number of hydrogen-bond donors (Lipinski definition) is 0. The van der Waals surface area contributed by atoms with E-state index < -0.39 is 18.8 Å². The summed E-state index contributed by atoms with van der Waals surface area (Å²) in [6.45, 7) is 9.40. The molecule has 0 saturated heterocycles. The third-order valence-corrected chi connectivity index (χ3v) is 23.4. The quantitative estimate of drug-likeness (QED) is 0.0512. The fourth-order valence-electron chi connectivity index (χ4n) is 6.29. The van der Waals surface area contributed by atoms with Crippen molar-refractivity contribution >= 4 is 18.8 Å². The van der Waals surface area contributed by atoms with Gasteiger partial charge in [0.15, 0.2) is 0 Å². The SMILES string of the molecule is CCCCCCCCCCC[CH2][Sb+]([CH2]CCCCCCC)([CH2]CCCCCCC)[CH2]CCCCCCC. The van der Waals surface area contributed by atoms with Crippen LogP contribution in [0.2, 0.25) is 17.5 Å². The second-order valence-corrected chi connectivity index (χ2v) is 25.5. The molecule has 0 radical (unpaired) electrons. The minimum absolute atomic E-state index is 1.38. The van der Waals surface area contributed by atoms with Gasteiger partial charge in [-0.15, -0.1) is 0 Å². The number of hydrogen-bond acceptors (Lipinski definition) is 0. The zero-order valence-electron chi connectivity index (χ0n) is 27.1. The predicted octanol–water partition coefficient (Wildman–Crippen LogP) is 14.4. The Balaban J connectivity index is 4.69. The van der Waals surface area contributed by atoms with Crippen LogP contribution in [-0.4, -0.2) is 18.8 Å². The molecule has 0 atom stereocenters. The van der Waals surface area contributed by atoms with Crippen LogP contribution in [0.4, 0.5) is 0 Å². The van der Waals surface area contributed by atoms with Crippen LogP contribution in [0.3, 0.4) is 0 Å². The third kappa shape index (κ3) is 26.8. The molecule has 0 unspecified atom stereocenters. The Morgan fingerprint density at radius 3 is 0.568 bits per heavy atom. The summed E-state index contributed by atoms with van der Waals surface area (Å²) in [5.74, 6) is 0. The summed E-state index contributed by atoms with van der Waals surface area (Å²) >= 11 is -1.87. The number of unbranched alkanes of at least 4 members (excludes halogenated alkanes) is 24. The Hall–Kier alpha value is 0.818. The molecule has 37 heavy (non-hydrogen) atoms. The van der Waals surface area contributed by atoms with Crippen LogP contribution < -0.4 is 0 Å². The van der Waals surface area contributed by atoms with Gasteiger partial charge in [0, 0.05) is 0 Å². The fourth-order valence-corrected chi connectivity index (χ4v) is 20.3. The molecule has 0 heterocycles. The zero-order valence-corrected chi connectivity index (χ0v) is 29.6. The van der Waals surface area contributed by atoms with Crippen LogP contribution in [0.1, 0.15) is 207 Å². The maximum absolute atomic E-state index is 2.36. The van der Waals surface area contributed by atoms with E-state index in [0.717, 1.165) is 0 Å². The molecule has 0 N–H and O–H groups in total. The standard InChI is InChI=1S/C12H25.3C8H17.Sb/c1-3-5-7-9-11-12-10-8-6-4-2;3*1-3-5-7-8-6-4-2;/h1,3-12H2,2H3;3*1,3-8H2,2H3;/q;;;;+1. The van der Waals surface area contributed by atoms with Gasteiger partial charge in [0.1, 0.15) is 0 Å². The van der Waals surface area contributed by atoms with Crippen molar-refractivity contribution in [3.05, 3.63) is 0 Å². The molecule has 0 bridgehead atoms. The van der Waals surface area contributed by atoms with Crippen molar-refractivity contribution < 1.29 is 0 Å². The van der Waals surface area contributed by atoms with Crippen molar-refractivity contribution in [2.45, 2.75) is 225 Å². The van der Waals surface area contributed by atoms with E-state index in [9.17, 15) is 0 Å². The fraction of sp³-hybridized carbons (Fsp3) is 1.00. The molecular formula is C36H76Sb+. The Labute approximate surface area is 242 Å². The molecule has 0 aromatic heterocycles. The maximum atomic E-state index is 2.36. The Morgan fingerprint density at radius 1 is 0.216 bits per heavy atom. The van der Waals surface area contributed by atoms with Gasteiger partial charge in [0.2, 0.25) is 0 Å². The second kappa shape index (κ2) is 31.3. The molecule has 0 aliphatic heterocycles. The molecule has 0 aromatic rings. The van der Waals surface area contributed by atoms with E-state index in [1.165, 1.54) is 128 Å². The van der Waals surface area contributed by atoms with Gasteiger partial charge in [-0.3, -0.25) is 0 Å². The molecule has 1 heteroatoms. The first-order chi connectivity index (χ1) is 18.2. The van der Waals surface area contributed by atoms with E-state index in [4.69, 9.17) is 0 Å². The molecule has 0 rings (SSSR count). The van der Waals surface area contributed by atoms with Crippen LogP contribution in [-0.2, 0) is 0 Å². The summed E-state index contributed by atoms with van der Waals surface area (Å²) in [7, 11) is 0. The first kappa shape index (κ1) is 37.8. The molecule has 0 saturated carbocycles. The topological polar surface area (TPSA) is 0 Å². The van der Waals surface area contributed by atoms with Gasteiger partial charge in [-0.05, 0) is 0 Å². The zero-order chi connectivity index (χ0) is 27.1. The Morgan fingerprint density at radius 2 is 0.378 bits per heavy atom. The van der Waals surface area contributed by atoms with Gasteiger partial charge in [0.25, 0.3) is 0 Å². The van der Waals surface area contributed by atoms with E-state index >= 15 is 0 Å². The molecule has 0 amide bonds. The van der Waals surface area contributed by atoms with Gasteiger partial charge >= 0.3 is 244 Å². The van der Waals surface area contributed by atoms with Crippen LogP contribution in [0.5, 0.6) is 0 Å². The van der Waals surface area contributed by atoms with Gasteiger partial charge in [-0.1, -0.05) is 0 Å². The average Bonchev–Trinajstić information content (AvgIpc) is 2.91. The van der Waals surface area contributed by atoms with Crippen LogP contribution in [0, 0.1) is 0 Å². The summed E-state index contributed by atoms with van der Waals surface area (Å²) < 4.78 is 6.97. The molecule has 0 fully saturated rings.